The minimum Gasteiger partial charge on any atom is -0.480 e. The molecule has 2 unspecified atom stereocenters. The smallest absolute Gasteiger partial charge is 0.326 e. The van der Waals surface area contributed by atoms with Gasteiger partial charge in [0.05, 0.1) is 0 Å². The van der Waals surface area contributed by atoms with Crippen LogP contribution < -0.4 is 5.32 Å². The van der Waals surface area contributed by atoms with E-state index in [1.54, 1.807) is 14.0 Å². The number of unbranched alkanes of at least 4 members (excludes halogenated alkanes) is 20. The van der Waals surface area contributed by atoms with Gasteiger partial charge in [0, 0.05) is 19.9 Å². The van der Waals surface area contributed by atoms with Crippen LogP contribution in [0.5, 0.6) is 0 Å². The number of nitrogens with zero attached hydrogens (tertiary/aromatic N) is 1. The zero-order valence-corrected chi connectivity index (χ0v) is 28.6. The first kappa shape index (κ1) is 43.0. The summed E-state index contributed by atoms with van der Waals surface area (Å²) >= 11 is 0. The van der Waals surface area contributed by atoms with Crippen LogP contribution in [0.3, 0.4) is 0 Å². The van der Waals surface area contributed by atoms with Gasteiger partial charge in [-0.3, -0.25) is 14.4 Å². The van der Waals surface area contributed by atoms with Crippen LogP contribution in [0.25, 0.3) is 0 Å². The van der Waals surface area contributed by atoms with E-state index in [1.807, 2.05) is 0 Å². The highest BCUT2D eigenvalue weighted by Gasteiger charge is 2.20. The van der Waals surface area contributed by atoms with Crippen LogP contribution in [-0.2, 0) is 19.2 Å². The molecular weight excluding hydrogens is 544 g/mol. The van der Waals surface area contributed by atoms with Crippen LogP contribution in [0.1, 0.15) is 182 Å². The molecule has 43 heavy (non-hydrogen) atoms. The maximum Gasteiger partial charge on any atom is 0.326 e. The van der Waals surface area contributed by atoms with Crippen molar-refractivity contribution in [2.24, 2.45) is 0 Å². The number of likely N-dealkylation sites (N-methyl/N-ethyl adjacent to an activating group) is 1. The standard InChI is InChI=1S/C18H35NO3.C17H33NO3/c1-4-5-6-7-8-9-10-11-12-13-14-15-17(20)19(3)16(2)18(21)22;1-3-4-5-6-7-8-9-10-11-12-13-14-16(19)18-15(2)17(20)21/h16H,4-15H2,1-3H3,(H,21,22);15H,3-14H2,1-2H3,(H,18,19)(H,20,21). The molecule has 8 heteroatoms. The Hall–Kier alpha value is -2.12. The molecule has 8 nitrogen and oxygen atoms in total. The van der Waals surface area contributed by atoms with Gasteiger partial charge in [-0.1, -0.05) is 142 Å². The molecule has 0 heterocycles. The number of rotatable bonds is 28. The largest absolute Gasteiger partial charge is 0.480 e. The third-order valence-corrected chi connectivity index (χ3v) is 8.08. The summed E-state index contributed by atoms with van der Waals surface area (Å²) in [5.41, 5.74) is 0. The molecule has 254 valence electrons. The van der Waals surface area contributed by atoms with Gasteiger partial charge in [0.25, 0.3) is 0 Å². The molecule has 0 aromatic rings. The summed E-state index contributed by atoms with van der Waals surface area (Å²) in [5.74, 6) is -2.15. The summed E-state index contributed by atoms with van der Waals surface area (Å²) in [7, 11) is 1.57. The molecule has 0 aliphatic carbocycles. The lowest BCUT2D eigenvalue weighted by Gasteiger charge is -2.21. The summed E-state index contributed by atoms with van der Waals surface area (Å²) in [6.45, 7) is 7.51. The SMILES string of the molecule is CCCCCCCCCCCCCC(=O)N(C)C(C)C(=O)O.CCCCCCCCCCCCCC(=O)NC(C)C(=O)O. The van der Waals surface area contributed by atoms with Crippen LogP contribution >= 0.6 is 0 Å². The molecule has 0 saturated heterocycles. The molecule has 3 N–H and O–H groups in total. The van der Waals surface area contributed by atoms with Crippen molar-refractivity contribution in [2.75, 3.05) is 7.05 Å². The van der Waals surface area contributed by atoms with Crippen LogP contribution in [0.15, 0.2) is 0 Å². The molecule has 0 radical (unpaired) electrons. The molecule has 0 saturated carbocycles. The van der Waals surface area contributed by atoms with E-state index in [0.29, 0.717) is 12.8 Å². The molecule has 2 atom stereocenters. The monoisotopic (exact) mass is 613 g/mol. The van der Waals surface area contributed by atoms with E-state index in [1.165, 1.54) is 127 Å². The zero-order valence-electron chi connectivity index (χ0n) is 28.6. The number of amides is 2. The van der Waals surface area contributed by atoms with Gasteiger partial charge in [-0.05, 0) is 26.7 Å². The van der Waals surface area contributed by atoms with Gasteiger partial charge >= 0.3 is 11.9 Å². The fourth-order valence-corrected chi connectivity index (χ4v) is 4.82. The Balaban J connectivity index is 0. The summed E-state index contributed by atoms with van der Waals surface area (Å²) < 4.78 is 0. The summed E-state index contributed by atoms with van der Waals surface area (Å²) in [4.78, 5) is 46.0. The average Bonchev–Trinajstić information content (AvgIpc) is 2.97. The molecule has 0 aromatic carbocycles. The maximum absolute atomic E-state index is 11.8. The predicted octanol–water partition coefficient (Wildman–Crippen LogP) is 8.90. The maximum atomic E-state index is 11.8. The van der Waals surface area contributed by atoms with E-state index in [4.69, 9.17) is 10.2 Å². The average molecular weight is 613 g/mol. The van der Waals surface area contributed by atoms with E-state index in [9.17, 15) is 19.2 Å². The van der Waals surface area contributed by atoms with Crippen molar-refractivity contribution in [1.82, 2.24) is 10.2 Å². The predicted molar refractivity (Wildman–Crippen MR) is 177 cm³/mol. The van der Waals surface area contributed by atoms with Crippen LogP contribution in [0.4, 0.5) is 0 Å². The van der Waals surface area contributed by atoms with Gasteiger partial charge in [-0.15, -0.1) is 0 Å². The van der Waals surface area contributed by atoms with E-state index in [2.05, 4.69) is 19.2 Å². The number of aliphatic carboxylic acids is 2. The highest BCUT2D eigenvalue weighted by molar-refractivity contribution is 5.83. The molecule has 0 aliphatic rings. The number of carboxylic acid groups (broad SMARTS) is 2. The van der Waals surface area contributed by atoms with Crippen LogP contribution in [0, 0.1) is 0 Å². The molecule has 0 fully saturated rings. The second kappa shape index (κ2) is 31.3. The number of hydrogen-bond donors (Lipinski definition) is 3. The summed E-state index contributed by atoms with van der Waals surface area (Å²) in [6.07, 6.45) is 28.4. The van der Waals surface area contributed by atoms with Gasteiger partial charge in [0.15, 0.2) is 0 Å². The molecule has 2 amide bonds. The van der Waals surface area contributed by atoms with Crippen LogP contribution in [-0.4, -0.2) is 58.0 Å². The molecule has 0 spiro atoms. The van der Waals surface area contributed by atoms with E-state index >= 15 is 0 Å². The van der Waals surface area contributed by atoms with Crippen molar-refractivity contribution < 1.29 is 29.4 Å². The Morgan fingerprint density at radius 2 is 0.860 bits per heavy atom. The number of carbonyl (C=O) groups is 4. The van der Waals surface area contributed by atoms with Crippen LogP contribution in [0.2, 0.25) is 0 Å². The number of hydrogen-bond acceptors (Lipinski definition) is 4. The Kier molecular flexibility index (Phi) is 31.3. The highest BCUT2D eigenvalue weighted by Crippen LogP contribution is 2.13. The molecule has 0 aromatic heterocycles. The lowest BCUT2D eigenvalue weighted by atomic mass is 10.1. The molecule has 0 aliphatic heterocycles. The van der Waals surface area contributed by atoms with E-state index in [-0.39, 0.29) is 11.8 Å². The second-order valence-electron chi connectivity index (χ2n) is 12.2. The molecular formula is C35H68N2O6. The second-order valence-corrected chi connectivity index (χ2v) is 12.2. The third kappa shape index (κ3) is 29.7. The fraction of sp³-hybridized carbons (Fsp3) is 0.886. The van der Waals surface area contributed by atoms with Crippen molar-refractivity contribution >= 4 is 23.8 Å². The number of carbonyl (C=O) groups excluding carboxylic acids is 2. The van der Waals surface area contributed by atoms with Gasteiger partial charge in [0.2, 0.25) is 11.8 Å². The Morgan fingerprint density at radius 1 is 0.535 bits per heavy atom. The molecule has 0 rings (SSSR count). The Labute approximate surface area is 264 Å². The number of carboxylic acids is 2. The normalized spacial score (nSPS) is 12.1. The van der Waals surface area contributed by atoms with Crippen molar-refractivity contribution in [3.8, 4) is 0 Å². The van der Waals surface area contributed by atoms with E-state index in [0.717, 1.165) is 25.7 Å². The lowest BCUT2D eigenvalue weighted by molar-refractivity contribution is -0.148. The van der Waals surface area contributed by atoms with Gasteiger partial charge < -0.3 is 20.4 Å². The van der Waals surface area contributed by atoms with Crippen molar-refractivity contribution in [3.05, 3.63) is 0 Å². The quantitative estimate of drug-likeness (QED) is 0.0758. The van der Waals surface area contributed by atoms with Gasteiger partial charge in [-0.25, -0.2) is 4.79 Å². The first-order chi connectivity index (χ1) is 20.6. The first-order valence-corrected chi connectivity index (χ1v) is 17.6. The topological polar surface area (TPSA) is 124 Å². The molecule has 0 bridgehead atoms. The van der Waals surface area contributed by atoms with Crippen molar-refractivity contribution in [3.63, 3.8) is 0 Å². The highest BCUT2D eigenvalue weighted by atomic mass is 16.4. The minimum atomic E-state index is -0.984. The lowest BCUT2D eigenvalue weighted by Crippen LogP contribution is -2.40. The minimum absolute atomic E-state index is 0.0641. The Bertz CT molecular complexity index is 700. The fourth-order valence-electron chi connectivity index (χ4n) is 4.82. The number of nitrogens with one attached hydrogen (secondary N) is 1. The first-order valence-electron chi connectivity index (χ1n) is 17.6. The van der Waals surface area contributed by atoms with Gasteiger partial charge in [0.1, 0.15) is 12.1 Å². The zero-order chi connectivity index (χ0) is 32.7. The third-order valence-electron chi connectivity index (χ3n) is 8.08. The van der Waals surface area contributed by atoms with Gasteiger partial charge in [-0.2, -0.15) is 0 Å². The van der Waals surface area contributed by atoms with Crippen molar-refractivity contribution in [1.29, 1.82) is 0 Å². The summed E-state index contributed by atoms with van der Waals surface area (Å²) in [6, 6.07) is -1.52. The van der Waals surface area contributed by atoms with Crippen molar-refractivity contribution in [2.45, 2.75) is 194 Å². The Morgan fingerprint density at radius 3 is 1.19 bits per heavy atom. The van der Waals surface area contributed by atoms with E-state index < -0.39 is 24.0 Å². The summed E-state index contributed by atoms with van der Waals surface area (Å²) in [5, 5.41) is 20.0.